The lowest BCUT2D eigenvalue weighted by molar-refractivity contribution is 0.0697. The number of benzene rings is 1. The van der Waals surface area contributed by atoms with Crippen molar-refractivity contribution in [3.8, 4) is 0 Å². The Labute approximate surface area is 82.4 Å². The van der Waals surface area contributed by atoms with Gasteiger partial charge in [0.05, 0.1) is 5.56 Å². The smallest absolute Gasteiger partial charge is 0.478 e. The van der Waals surface area contributed by atoms with Crippen LogP contribution in [0.5, 0.6) is 0 Å². The van der Waals surface area contributed by atoms with Gasteiger partial charge in [-0.15, -0.1) is 4.52 Å². The Morgan fingerprint density at radius 1 is 1.43 bits per heavy atom. The average Bonchev–Trinajstić information content (AvgIpc) is 2.18. The van der Waals surface area contributed by atoms with Gasteiger partial charge in [0.15, 0.2) is 0 Å². The van der Waals surface area contributed by atoms with Crippen LogP contribution < -0.4 is 5.30 Å². The topological polar surface area (TPSA) is 63.6 Å². The highest BCUT2D eigenvalue weighted by Crippen LogP contribution is 2.20. The summed E-state index contributed by atoms with van der Waals surface area (Å²) in [5, 5.41) is 9.12. The standard InChI is InChI=1S/C9H9O4P/c1-2-13-14(12)8-5-3-7(4-6-8)9(10)11/h3-6H,2H2,1H3/p+1. The first-order valence-corrected chi connectivity index (χ1v) is 5.26. The Bertz CT molecular complexity index is 344. The fraction of sp³-hybridized carbons (Fsp3) is 0.222. The molecule has 0 fully saturated rings. The molecule has 0 heterocycles. The van der Waals surface area contributed by atoms with E-state index in [1.807, 2.05) is 0 Å². The molecule has 14 heavy (non-hydrogen) atoms. The van der Waals surface area contributed by atoms with Gasteiger partial charge < -0.3 is 5.11 Å². The van der Waals surface area contributed by atoms with Crippen LogP contribution in [0.1, 0.15) is 17.3 Å². The average molecular weight is 213 g/mol. The van der Waals surface area contributed by atoms with Crippen LogP contribution in [0, 0.1) is 0 Å². The second-order valence-corrected chi connectivity index (χ2v) is 3.82. The van der Waals surface area contributed by atoms with Crippen molar-refractivity contribution in [3.63, 3.8) is 0 Å². The van der Waals surface area contributed by atoms with Crippen LogP contribution in [0.4, 0.5) is 0 Å². The van der Waals surface area contributed by atoms with E-state index in [9.17, 15) is 9.36 Å². The van der Waals surface area contributed by atoms with Gasteiger partial charge >= 0.3 is 14.0 Å². The van der Waals surface area contributed by atoms with E-state index in [1.54, 1.807) is 6.92 Å². The van der Waals surface area contributed by atoms with Crippen molar-refractivity contribution < 1.29 is 19.0 Å². The zero-order valence-corrected chi connectivity index (χ0v) is 8.53. The van der Waals surface area contributed by atoms with Crippen LogP contribution in [0.25, 0.3) is 0 Å². The second kappa shape index (κ2) is 4.84. The van der Waals surface area contributed by atoms with Crippen LogP contribution in [0.15, 0.2) is 24.3 Å². The molecule has 1 rings (SSSR count). The van der Waals surface area contributed by atoms with Crippen molar-refractivity contribution in [2.24, 2.45) is 0 Å². The maximum absolute atomic E-state index is 11.3. The number of aromatic carboxylic acids is 1. The molecule has 0 bridgehead atoms. The lowest BCUT2D eigenvalue weighted by Crippen LogP contribution is -2.02. The molecule has 1 unspecified atom stereocenters. The first-order chi connectivity index (χ1) is 6.65. The van der Waals surface area contributed by atoms with Gasteiger partial charge in [-0.3, -0.25) is 0 Å². The molecular weight excluding hydrogens is 203 g/mol. The summed E-state index contributed by atoms with van der Waals surface area (Å²) in [5.74, 6) is -0.997. The van der Waals surface area contributed by atoms with Crippen molar-refractivity contribution in [1.29, 1.82) is 0 Å². The van der Waals surface area contributed by atoms with Crippen molar-refractivity contribution in [2.75, 3.05) is 6.61 Å². The van der Waals surface area contributed by atoms with Crippen molar-refractivity contribution in [3.05, 3.63) is 29.8 Å². The Morgan fingerprint density at radius 3 is 2.43 bits per heavy atom. The molecular formula is C9H10O4P+. The van der Waals surface area contributed by atoms with Crippen molar-refractivity contribution in [2.45, 2.75) is 6.92 Å². The minimum absolute atomic E-state index is 0.175. The third-order valence-electron chi connectivity index (χ3n) is 1.57. The molecule has 0 radical (unpaired) electrons. The SMILES string of the molecule is CCO[P+](=O)c1ccc(C(=O)O)cc1. The number of carboxylic acid groups (broad SMARTS) is 1. The summed E-state index contributed by atoms with van der Waals surface area (Å²) < 4.78 is 16.2. The predicted molar refractivity (Wildman–Crippen MR) is 52.3 cm³/mol. The Balaban J connectivity index is 2.83. The summed E-state index contributed by atoms with van der Waals surface area (Å²) in [6.45, 7) is 2.12. The van der Waals surface area contributed by atoms with Crippen LogP contribution in [-0.2, 0) is 9.09 Å². The van der Waals surface area contributed by atoms with Gasteiger partial charge in [0, 0.05) is 0 Å². The molecule has 0 saturated carbocycles. The molecule has 0 aliphatic carbocycles. The molecule has 1 aromatic carbocycles. The molecule has 74 valence electrons. The highest BCUT2D eigenvalue weighted by Gasteiger charge is 2.20. The molecule has 1 aromatic rings. The van der Waals surface area contributed by atoms with E-state index < -0.39 is 14.0 Å². The van der Waals surface area contributed by atoms with Gasteiger partial charge in [-0.2, -0.15) is 0 Å². The van der Waals surface area contributed by atoms with Crippen LogP contribution in [-0.4, -0.2) is 17.7 Å². The normalized spacial score (nSPS) is 11.1. The minimum Gasteiger partial charge on any atom is -0.478 e. The summed E-state index contributed by atoms with van der Waals surface area (Å²) in [6, 6.07) is 5.81. The fourth-order valence-corrected chi connectivity index (χ4v) is 1.69. The van der Waals surface area contributed by atoms with Gasteiger partial charge in [0.2, 0.25) is 5.30 Å². The molecule has 1 atom stereocenters. The van der Waals surface area contributed by atoms with E-state index in [0.717, 1.165) is 0 Å². The van der Waals surface area contributed by atoms with Crippen LogP contribution >= 0.6 is 8.03 Å². The Morgan fingerprint density at radius 2 is 2.00 bits per heavy atom. The molecule has 0 amide bonds. The zero-order chi connectivity index (χ0) is 10.6. The number of hydrogen-bond acceptors (Lipinski definition) is 3. The van der Waals surface area contributed by atoms with E-state index >= 15 is 0 Å². The number of hydrogen-bond donors (Lipinski definition) is 1. The maximum atomic E-state index is 11.3. The van der Waals surface area contributed by atoms with Gasteiger partial charge in [0.25, 0.3) is 0 Å². The summed E-state index contributed by atoms with van der Waals surface area (Å²) in [7, 11) is -1.85. The Kier molecular flexibility index (Phi) is 3.74. The molecule has 0 saturated heterocycles. The first kappa shape index (κ1) is 10.8. The maximum Gasteiger partial charge on any atom is 0.548 e. The van der Waals surface area contributed by atoms with E-state index in [4.69, 9.17) is 9.63 Å². The van der Waals surface area contributed by atoms with Crippen LogP contribution in [0.3, 0.4) is 0 Å². The summed E-state index contributed by atoms with van der Waals surface area (Å²) in [5.41, 5.74) is 0.175. The van der Waals surface area contributed by atoms with Gasteiger partial charge in [-0.05, 0) is 35.8 Å². The van der Waals surface area contributed by atoms with Crippen molar-refractivity contribution in [1.82, 2.24) is 0 Å². The van der Waals surface area contributed by atoms with Gasteiger partial charge in [-0.25, -0.2) is 4.79 Å². The van der Waals surface area contributed by atoms with E-state index in [1.165, 1.54) is 24.3 Å². The third-order valence-corrected chi connectivity index (χ3v) is 2.78. The lowest BCUT2D eigenvalue weighted by atomic mass is 10.2. The van der Waals surface area contributed by atoms with E-state index in [2.05, 4.69) is 0 Å². The fourth-order valence-electron chi connectivity index (χ4n) is 0.918. The number of carboxylic acids is 1. The second-order valence-electron chi connectivity index (χ2n) is 2.53. The quantitative estimate of drug-likeness (QED) is 0.774. The molecule has 0 aromatic heterocycles. The minimum atomic E-state index is -1.85. The largest absolute Gasteiger partial charge is 0.548 e. The first-order valence-electron chi connectivity index (χ1n) is 4.08. The number of carbonyl (C=O) groups is 1. The molecule has 1 N–H and O–H groups in total. The summed E-state index contributed by atoms with van der Waals surface area (Å²) >= 11 is 0. The molecule has 0 aliphatic rings. The highest BCUT2D eigenvalue weighted by molar-refractivity contribution is 7.48. The molecule has 0 aliphatic heterocycles. The van der Waals surface area contributed by atoms with Gasteiger partial charge in [0.1, 0.15) is 6.61 Å². The van der Waals surface area contributed by atoms with E-state index in [-0.39, 0.29) is 5.56 Å². The predicted octanol–water partition coefficient (Wildman–Crippen LogP) is 1.79. The number of rotatable bonds is 4. The van der Waals surface area contributed by atoms with Gasteiger partial charge in [-0.1, -0.05) is 0 Å². The van der Waals surface area contributed by atoms with E-state index in [0.29, 0.717) is 11.9 Å². The summed E-state index contributed by atoms with van der Waals surface area (Å²) in [4.78, 5) is 10.5. The summed E-state index contributed by atoms with van der Waals surface area (Å²) in [6.07, 6.45) is 0. The third kappa shape index (κ3) is 2.62. The zero-order valence-electron chi connectivity index (χ0n) is 7.64. The highest BCUT2D eigenvalue weighted by atomic mass is 31.1. The molecule has 5 heteroatoms. The Hall–Kier alpha value is -1.25. The monoisotopic (exact) mass is 213 g/mol. The molecule has 0 spiro atoms. The van der Waals surface area contributed by atoms with Crippen LogP contribution in [0.2, 0.25) is 0 Å². The molecule has 4 nitrogen and oxygen atoms in total. The van der Waals surface area contributed by atoms with Crippen molar-refractivity contribution >= 4 is 19.3 Å². The lowest BCUT2D eigenvalue weighted by Gasteiger charge is -1.91.